The maximum Gasteiger partial charge on any atom is 0.0708 e. The van der Waals surface area contributed by atoms with Crippen molar-refractivity contribution in [3.8, 4) is 11.3 Å². The molecule has 1 heterocycles. The lowest BCUT2D eigenvalue weighted by molar-refractivity contribution is 0.869. The zero-order chi connectivity index (χ0) is 15.0. The van der Waals surface area contributed by atoms with Crippen molar-refractivity contribution in [1.29, 1.82) is 0 Å². The van der Waals surface area contributed by atoms with Gasteiger partial charge >= 0.3 is 0 Å². The average Bonchev–Trinajstić information content (AvgIpc) is 2.45. The van der Waals surface area contributed by atoms with Gasteiger partial charge in [0.2, 0.25) is 0 Å². The Bertz CT molecular complexity index is 780. The molecule has 0 fully saturated rings. The molecular formula is C20H21N. The summed E-state index contributed by atoms with van der Waals surface area (Å²) in [5, 5.41) is 2.47. The van der Waals surface area contributed by atoms with Crippen molar-refractivity contribution in [2.24, 2.45) is 0 Å². The van der Waals surface area contributed by atoms with Crippen LogP contribution in [0.1, 0.15) is 36.5 Å². The second kappa shape index (κ2) is 5.33. The number of hydrogen-bond acceptors (Lipinski definition) is 1. The third-order valence-electron chi connectivity index (χ3n) is 3.93. The molecule has 2 aromatic carbocycles. The third kappa shape index (κ3) is 2.82. The minimum absolute atomic E-state index is 0.548. The van der Waals surface area contributed by atoms with E-state index in [1.165, 1.54) is 33.0 Å². The van der Waals surface area contributed by atoms with Crippen molar-refractivity contribution in [3.05, 3.63) is 65.4 Å². The van der Waals surface area contributed by atoms with E-state index in [2.05, 4.69) is 75.1 Å². The predicted molar refractivity (Wildman–Crippen MR) is 90.7 cm³/mol. The molecule has 1 heteroatoms. The Morgan fingerprint density at radius 3 is 2.19 bits per heavy atom. The van der Waals surface area contributed by atoms with Crippen molar-refractivity contribution >= 4 is 10.8 Å². The first-order valence-electron chi connectivity index (χ1n) is 7.51. The van der Waals surface area contributed by atoms with E-state index in [0.29, 0.717) is 5.92 Å². The molecule has 1 aromatic heterocycles. The SMILES string of the molecule is Cc1cc(C)cc(-c2cc3cc(C(C)C)ccc3cn2)c1. The fourth-order valence-corrected chi connectivity index (χ4v) is 2.80. The number of fused-ring (bicyclic) bond motifs is 1. The van der Waals surface area contributed by atoms with Crippen LogP contribution >= 0.6 is 0 Å². The first-order chi connectivity index (χ1) is 10.0. The van der Waals surface area contributed by atoms with Gasteiger partial charge in [-0.3, -0.25) is 4.98 Å². The van der Waals surface area contributed by atoms with Crippen LogP contribution in [-0.2, 0) is 0 Å². The van der Waals surface area contributed by atoms with Crippen LogP contribution in [-0.4, -0.2) is 4.98 Å². The number of aromatic nitrogens is 1. The van der Waals surface area contributed by atoms with E-state index in [-0.39, 0.29) is 0 Å². The Morgan fingerprint density at radius 1 is 0.810 bits per heavy atom. The second-order valence-electron chi connectivity index (χ2n) is 6.21. The molecule has 0 saturated heterocycles. The topological polar surface area (TPSA) is 12.9 Å². The molecule has 106 valence electrons. The zero-order valence-electron chi connectivity index (χ0n) is 13.1. The van der Waals surface area contributed by atoms with E-state index in [9.17, 15) is 0 Å². The molecule has 0 aliphatic heterocycles. The summed E-state index contributed by atoms with van der Waals surface area (Å²) in [6, 6.07) is 15.5. The highest BCUT2D eigenvalue weighted by molar-refractivity contribution is 5.86. The number of hydrogen-bond donors (Lipinski definition) is 0. The Labute approximate surface area is 126 Å². The minimum atomic E-state index is 0.548. The first kappa shape index (κ1) is 13.8. The van der Waals surface area contributed by atoms with E-state index < -0.39 is 0 Å². The van der Waals surface area contributed by atoms with Crippen molar-refractivity contribution in [2.75, 3.05) is 0 Å². The first-order valence-corrected chi connectivity index (χ1v) is 7.51. The van der Waals surface area contributed by atoms with Gasteiger partial charge < -0.3 is 0 Å². The third-order valence-corrected chi connectivity index (χ3v) is 3.93. The summed E-state index contributed by atoms with van der Waals surface area (Å²) >= 11 is 0. The van der Waals surface area contributed by atoms with E-state index in [1.54, 1.807) is 0 Å². The van der Waals surface area contributed by atoms with Crippen LogP contribution < -0.4 is 0 Å². The molecule has 21 heavy (non-hydrogen) atoms. The van der Waals surface area contributed by atoms with Crippen LogP contribution in [0, 0.1) is 13.8 Å². The molecule has 0 bridgehead atoms. The van der Waals surface area contributed by atoms with Gasteiger partial charge in [-0.25, -0.2) is 0 Å². The van der Waals surface area contributed by atoms with Gasteiger partial charge in [-0.2, -0.15) is 0 Å². The summed E-state index contributed by atoms with van der Waals surface area (Å²) in [4.78, 5) is 4.63. The van der Waals surface area contributed by atoms with Gasteiger partial charge in [-0.05, 0) is 48.9 Å². The van der Waals surface area contributed by atoms with Crippen LogP contribution in [0.15, 0.2) is 48.7 Å². The van der Waals surface area contributed by atoms with Gasteiger partial charge in [0.15, 0.2) is 0 Å². The summed E-state index contributed by atoms with van der Waals surface area (Å²) in [5.74, 6) is 0.548. The lowest BCUT2D eigenvalue weighted by Gasteiger charge is -2.09. The Kier molecular flexibility index (Phi) is 3.50. The molecule has 0 aliphatic carbocycles. The molecule has 0 saturated carbocycles. The molecular weight excluding hydrogens is 254 g/mol. The summed E-state index contributed by atoms with van der Waals surface area (Å²) in [6.07, 6.45) is 1.98. The fourth-order valence-electron chi connectivity index (χ4n) is 2.80. The van der Waals surface area contributed by atoms with Gasteiger partial charge in [-0.1, -0.05) is 49.2 Å². The van der Waals surface area contributed by atoms with Gasteiger partial charge in [0.1, 0.15) is 0 Å². The molecule has 0 N–H and O–H groups in total. The van der Waals surface area contributed by atoms with Crippen LogP contribution in [0.2, 0.25) is 0 Å². The largest absolute Gasteiger partial charge is 0.256 e. The van der Waals surface area contributed by atoms with Crippen LogP contribution in [0.5, 0.6) is 0 Å². The molecule has 3 rings (SSSR count). The van der Waals surface area contributed by atoms with Crippen molar-refractivity contribution in [2.45, 2.75) is 33.6 Å². The number of nitrogens with zero attached hydrogens (tertiary/aromatic N) is 1. The Balaban J connectivity index is 2.15. The lowest BCUT2D eigenvalue weighted by atomic mass is 9.98. The average molecular weight is 275 g/mol. The summed E-state index contributed by atoms with van der Waals surface area (Å²) in [7, 11) is 0. The van der Waals surface area contributed by atoms with Gasteiger partial charge in [0.05, 0.1) is 5.69 Å². The zero-order valence-corrected chi connectivity index (χ0v) is 13.1. The second-order valence-corrected chi connectivity index (χ2v) is 6.21. The molecule has 3 aromatic rings. The monoisotopic (exact) mass is 275 g/mol. The molecule has 0 unspecified atom stereocenters. The standard InChI is InChI=1S/C20H21N/c1-13(2)16-5-6-17-12-21-20(11-18(17)10-16)19-8-14(3)7-15(4)9-19/h5-13H,1-4H3. The highest BCUT2D eigenvalue weighted by Gasteiger charge is 2.05. The molecule has 1 nitrogen and oxygen atoms in total. The lowest BCUT2D eigenvalue weighted by Crippen LogP contribution is -1.90. The Hall–Kier alpha value is -2.15. The molecule has 0 amide bonds. The smallest absolute Gasteiger partial charge is 0.0708 e. The maximum atomic E-state index is 4.63. The predicted octanol–water partition coefficient (Wildman–Crippen LogP) is 5.64. The van der Waals surface area contributed by atoms with Gasteiger partial charge in [0.25, 0.3) is 0 Å². The summed E-state index contributed by atoms with van der Waals surface area (Å²) in [6.45, 7) is 8.73. The summed E-state index contributed by atoms with van der Waals surface area (Å²) in [5.41, 5.74) is 6.19. The highest BCUT2D eigenvalue weighted by atomic mass is 14.7. The van der Waals surface area contributed by atoms with Crippen molar-refractivity contribution < 1.29 is 0 Å². The van der Waals surface area contributed by atoms with Crippen LogP contribution in [0.25, 0.3) is 22.0 Å². The molecule has 0 spiro atoms. The number of pyridine rings is 1. The molecule has 0 aliphatic rings. The highest BCUT2D eigenvalue weighted by Crippen LogP contribution is 2.26. The van der Waals surface area contributed by atoms with E-state index in [4.69, 9.17) is 0 Å². The normalized spacial score (nSPS) is 11.3. The number of aryl methyl sites for hydroxylation is 2. The van der Waals surface area contributed by atoms with Crippen LogP contribution in [0.3, 0.4) is 0 Å². The number of benzene rings is 2. The number of rotatable bonds is 2. The van der Waals surface area contributed by atoms with E-state index in [0.717, 1.165) is 5.69 Å². The molecule has 0 radical (unpaired) electrons. The summed E-state index contributed by atoms with van der Waals surface area (Å²) < 4.78 is 0. The van der Waals surface area contributed by atoms with Gasteiger partial charge in [-0.15, -0.1) is 0 Å². The maximum absolute atomic E-state index is 4.63. The van der Waals surface area contributed by atoms with Gasteiger partial charge in [0, 0.05) is 17.1 Å². The van der Waals surface area contributed by atoms with Crippen molar-refractivity contribution in [3.63, 3.8) is 0 Å². The minimum Gasteiger partial charge on any atom is -0.256 e. The van der Waals surface area contributed by atoms with E-state index >= 15 is 0 Å². The Morgan fingerprint density at radius 2 is 1.52 bits per heavy atom. The fraction of sp³-hybridized carbons (Fsp3) is 0.250. The quantitative estimate of drug-likeness (QED) is 0.589. The van der Waals surface area contributed by atoms with Crippen molar-refractivity contribution in [1.82, 2.24) is 4.98 Å². The molecule has 0 atom stereocenters. The van der Waals surface area contributed by atoms with Crippen LogP contribution in [0.4, 0.5) is 0 Å². The van der Waals surface area contributed by atoms with E-state index in [1.807, 2.05) is 6.20 Å².